The Hall–Kier alpha value is -0.860. The summed E-state index contributed by atoms with van der Waals surface area (Å²) in [6, 6.07) is 8.33. The predicted molar refractivity (Wildman–Crippen MR) is 54.5 cm³/mol. The molecule has 0 fully saturated rings. The monoisotopic (exact) mass is 179 g/mol. The van der Waals surface area contributed by atoms with Crippen LogP contribution in [0.4, 0.5) is 0 Å². The fraction of sp³-hybridized carbons (Fsp3) is 0.455. The van der Waals surface area contributed by atoms with Crippen LogP contribution in [-0.2, 0) is 4.74 Å². The molecule has 0 saturated carbocycles. The molecule has 13 heavy (non-hydrogen) atoms. The van der Waals surface area contributed by atoms with Crippen LogP contribution in [0.2, 0.25) is 0 Å². The van der Waals surface area contributed by atoms with Gasteiger partial charge in [0.05, 0.1) is 6.10 Å². The van der Waals surface area contributed by atoms with Crippen molar-refractivity contribution in [3.8, 4) is 0 Å². The van der Waals surface area contributed by atoms with Crippen LogP contribution in [-0.4, -0.2) is 7.11 Å². The molecule has 0 aromatic heterocycles. The van der Waals surface area contributed by atoms with Crippen LogP contribution in [0.25, 0.3) is 0 Å². The van der Waals surface area contributed by atoms with Gasteiger partial charge in [0, 0.05) is 13.2 Å². The Balaban J connectivity index is 2.81. The largest absolute Gasteiger partial charge is 0.377 e. The molecule has 0 aliphatic heterocycles. The van der Waals surface area contributed by atoms with E-state index in [4.69, 9.17) is 10.5 Å². The molecule has 0 spiro atoms. The first-order valence-electron chi connectivity index (χ1n) is 4.53. The Morgan fingerprint density at radius 1 is 1.08 bits per heavy atom. The number of hydrogen-bond donors (Lipinski definition) is 1. The second-order valence-electron chi connectivity index (χ2n) is 3.33. The maximum atomic E-state index is 5.74. The predicted octanol–water partition coefficient (Wildman–Crippen LogP) is 2.41. The fourth-order valence-corrected chi connectivity index (χ4v) is 1.21. The minimum absolute atomic E-state index is 0.104. The molecule has 72 valence electrons. The van der Waals surface area contributed by atoms with E-state index in [9.17, 15) is 0 Å². The summed E-state index contributed by atoms with van der Waals surface area (Å²) in [7, 11) is 1.71. The first kappa shape index (κ1) is 10.2. The third kappa shape index (κ3) is 2.54. The average Bonchev–Trinajstić information content (AvgIpc) is 2.17. The van der Waals surface area contributed by atoms with Crippen molar-refractivity contribution in [2.75, 3.05) is 7.11 Å². The Morgan fingerprint density at radius 3 is 1.92 bits per heavy atom. The number of ether oxygens (including phenoxy) is 1. The summed E-state index contributed by atoms with van der Waals surface area (Å²) in [5.74, 6) is 0. The van der Waals surface area contributed by atoms with Crippen LogP contribution >= 0.6 is 0 Å². The Labute approximate surface area is 79.7 Å². The molecule has 2 heteroatoms. The van der Waals surface area contributed by atoms with E-state index < -0.39 is 0 Å². The van der Waals surface area contributed by atoms with Crippen molar-refractivity contribution < 1.29 is 4.74 Å². The average molecular weight is 179 g/mol. The zero-order valence-electron chi connectivity index (χ0n) is 8.45. The van der Waals surface area contributed by atoms with Crippen molar-refractivity contribution >= 4 is 0 Å². The summed E-state index contributed by atoms with van der Waals surface area (Å²) >= 11 is 0. The molecule has 1 aromatic carbocycles. The highest BCUT2D eigenvalue weighted by molar-refractivity contribution is 5.25. The quantitative estimate of drug-likeness (QED) is 0.773. The van der Waals surface area contributed by atoms with E-state index in [1.807, 2.05) is 13.8 Å². The van der Waals surface area contributed by atoms with Gasteiger partial charge < -0.3 is 10.5 Å². The van der Waals surface area contributed by atoms with Gasteiger partial charge in [-0.15, -0.1) is 0 Å². The number of nitrogens with two attached hydrogens (primary N) is 1. The van der Waals surface area contributed by atoms with Gasteiger partial charge in [-0.05, 0) is 25.0 Å². The van der Waals surface area contributed by atoms with Crippen LogP contribution < -0.4 is 5.73 Å². The molecule has 0 heterocycles. The maximum Gasteiger partial charge on any atom is 0.0793 e. The van der Waals surface area contributed by atoms with Gasteiger partial charge in [0.1, 0.15) is 0 Å². The van der Waals surface area contributed by atoms with Gasteiger partial charge in [0.15, 0.2) is 0 Å². The lowest BCUT2D eigenvalue weighted by Gasteiger charge is -2.11. The second-order valence-corrected chi connectivity index (χ2v) is 3.33. The zero-order chi connectivity index (χ0) is 9.84. The van der Waals surface area contributed by atoms with Crippen molar-refractivity contribution in [3.63, 3.8) is 0 Å². The molecule has 0 saturated heterocycles. The highest BCUT2D eigenvalue weighted by Crippen LogP contribution is 2.18. The topological polar surface area (TPSA) is 35.2 Å². The molecule has 1 aromatic rings. The van der Waals surface area contributed by atoms with E-state index in [-0.39, 0.29) is 12.1 Å². The first-order valence-corrected chi connectivity index (χ1v) is 4.53. The third-order valence-corrected chi connectivity index (χ3v) is 2.29. The molecule has 0 bridgehead atoms. The Bertz CT molecular complexity index is 253. The lowest BCUT2D eigenvalue weighted by molar-refractivity contribution is 0.119. The molecular formula is C11H17NO. The van der Waals surface area contributed by atoms with Gasteiger partial charge in [-0.1, -0.05) is 24.3 Å². The third-order valence-electron chi connectivity index (χ3n) is 2.29. The van der Waals surface area contributed by atoms with Gasteiger partial charge in [-0.25, -0.2) is 0 Å². The van der Waals surface area contributed by atoms with E-state index in [0.717, 1.165) is 5.56 Å². The number of benzene rings is 1. The van der Waals surface area contributed by atoms with E-state index >= 15 is 0 Å². The molecule has 0 aliphatic rings. The van der Waals surface area contributed by atoms with Crippen LogP contribution in [0.3, 0.4) is 0 Å². The van der Waals surface area contributed by atoms with Crippen molar-refractivity contribution in [1.82, 2.24) is 0 Å². The lowest BCUT2D eigenvalue weighted by atomic mass is 10.0. The first-order chi connectivity index (χ1) is 6.15. The van der Waals surface area contributed by atoms with Crippen LogP contribution in [0.15, 0.2) is 24.3 Å². The van der Waals surface area contributed by atoms with E-state index in [1.54, 1.807) is 7.11 Å². The van der Waals surface area contributed by atoms with Crippen molar-refractivity contribution in [3.05, 3.63) is 35.4 Å². The zero-order valence-corrected chi connectivity index (χ0v) is 8.45. The molecule has 2 N–H and O–H groups in total. The molecule has 0 radical (unpaired) electrons. The number of methoxy groups -OCH3 is 1. The minimum Gasteiger partial charge on any atom is -0.377 e. The molecule has 0 unspecified atom stereocenters. The summed E-state index contributed by atoms with van der Waals surface area (Å²) in [4.78, 5) is 0. The van der Waals surface area contributed by atoms with Crippen molar-refractivity contribution in [1.29, 1.82) is 0 Å². The summed E-state index contributed by atoms with van der Waals surface area (Å²) < 4.78 is 5.21. The van der Waals surface area contributed by atoms with Gasteiger partial charge in [0.25, 0.3) is 0 Å². The van der Waals surface area contributed by atoms with Gasteiger partial charge in [0.2, 0.25) is 0 Å². The smallest absolute Gasteiger partial charge is 0.0793 e. The molecule has 0 amide bonds. The highest BCUT2D eigenvalue weighted by Gasteiger charge is 2.04. The van der Waals surface area contributed by atoms with Gasteiger partial charge in [-0.2, -0.15) is 0 Å². The van der Waals surface area contributed by atoms with Gasteiger partial charge >= 0.3 is 0 Å². The minimum atomic E-state index is 0.104. The van der Waals surface area contributed by atoms with Crippen molar-refractivity contribution in [2.24, 2.45) is 5.73 Å². The van der Waals surface area contributed by atoms with E-state index in [2.05, 4.69) is 24.3 Å². The molecule has 2 atom stereocenters. The van der Waals surface area contributed by atoms with Crippen LogP contribution in [0.1, 0.15) is 37.1 Å². The fourth-order valence-electron chi connectivity index (χ4n) is 1.21. The maximum absolute atomic E-state index is 5.74. The molecular weight excluding hydrogens is 162 g/mol. The number of rotatable bonds is 3. The number of hydrogen-bond acceptors (Lipinski definition) is 2. The molecule has 2 nitrogen and oxygen atoms in total. The van der Waals surface area contributed by atoms with E-state index in [1.165, 1.54) is 5.56 Å². The lowest BCUT2D eigenvalue weighted by Crippen LogP contribution is -2.05. The normalized spacial score (nSPS) is 15.4. The van der Waals surface area contributed by atoms with Crippen LogP contribution in [0, 0.1) is 0 Å². The van der Waals surface area contributed by atoms with E-state index in [0.29, 0.717) is 0 Å². The van der Waals surface area contributed by atoms with Gasteiger partial charge in [-0.3, -0.25) is 0 Å². The highest BCUT2D eigenvalue weighted by atomic mass is 16.5. The Morgan fingerprint density at radius 2 is 1.54 bits per heavy atom. The molecule has 0 aliphatic carbocycles. The Kier molecular flexibility index (Phi) is 3.46. The second kappa shape index (κ2) is 4.40. The summed E-state index contributed by atoms with van der Waals surface area (Å²) in [5.41, 5.74) is 8.09. The summed E-state index contributed by atoms with van der Waals surface area (Å²) in [5, 5.41) is 0. The summed E-state index contributed by atoms with van der Waals surface area (Å²) in [6.07, 6.45) is 0.155. The van der Waals surface area contributed by atoms with Crippen LogP contribution in [0.5, 0.6) is 0 Å². The van der Waals surface area contributed by atoms with Crippen molar-refractivity contribution in [2.45, 2.75) is 26.0 Å². The SMILES string of the molecule is CO[C@H](C)c1ccc([C@H](C)N)cc1. The summed E-state index contributed by atoms with van der Waals surface area (Å²) in [6.45, 7) is 4.01. The molecule has 1 rings (SSSR count). The standard InChI is InChI=1S/C11H17NO/c1-8(12)10-4-6-11(7-5-10)9(2)13-3/h4-9H,12H2,1-3H3/t8-,9+/m0/s1.